The lowest BCUT2D eigenvalue weighted by molar-refractivity contribution is -0.137. The maximum absolute atomic E-state index is 12.7. The topological polar surface area (TPSA) is 79.8 Å². The lowest BCUT2D eigenvalue weighted by Gasteiger charge is -2.17. The monoisotopic (exact) mass is 481 g/mol. The Morgan fingerprint density at radius 3 is 2.36 bits per heavy atom. The number of thioether (sulfide) groups is 1. The molecule has 1 unspecified atom stereocenters. The minimum atomic E-state index is -4.49. The van der Waals surface area contributed by atoms with E-state index in [4.69, 9.17) is 4.74 Å². The summed E-state index contributed by atoms with van der Waals surface area (Å²) in [4.78, 5) is 25.1. The molecule has 178 valence electrons. The number of alkyl halides is 3. The molecule has 6 nitrogen and oxygen atoms in total. The fraction of sp³-hybridized carbons (Fsp3) is 0.348. The molecule has 2 N–H and O–H groups in total. The van der Waals surface area contributed by atoms with Gasteiger partial charge in [-0.3, -0.25) is 9.59 Å². The largest absolute Gasteiger partial charge is 0.496 e. The molecule has 0 spiro atoms. The number of benzene rings is 2. The number of ether oxygens (including phenoxy) is 1. The summed E-state index contributed by atoms with van der Waals surface area (Å²) in [5.74, 6) is 0.169. The van der Waals surface area contributed by atoms with Crippen LogP contribution in [-0.4, -0.2) is 43.2 Å². The SMILES string of the molecule is COc1ccc(/C=N/NC(=O)C(CCSC)NC(=O)c2ccc(C(F)(F)F)cc2)c(C)c1C. The molecule has 0 bridgehead atoms. The number of hydrogen-bond donors (Lipinski definition) is 2. The maximum atomic E-state index is 12.7. The van der Waals surface area contributed by atoms with Gasteiger partial charge in [0, 0.05) is 5.56 Å². The summed E-state index contributed by atoms with van der Waals surface area (Å²) < 4.78 is 43.5. The van der Waals surface area contributed by atoms with E-state index in [1.54, 1.807) is 13.2 Å². The number of hydrazone groups is 1. The Hall–Kier alpha value is -3.01. The highest BCUT2D eigenvalue weighted by Gasteiger charge is 2.30. The lowest BCUT2D eigenvalue weighted by Crippen LogP contribution is -2.45. The highest BCUT2D eigenvalue weighted by molar-refractivity contribution is 7.98. The second-order valence-corrected chi connectivity index (χ2v) is 8.21. The molecule has 2 aromatic carbocycles. The molecule has 0 radical (unpaired) electrons. The van der Waals surface area contributed by atoms with Crippen LogP contribution in [0, 0.1) is 13.8 Å². The van der Waals surface area contributed by atoms with Crippen molar-refractivity contribution in [2.45, 2.75) is 32.5 Å². The number of carbonyl (C=O) groups is 2. The first-order chi connectivity index (χ1) is 15.6. The van der Waals surface area contributed by atoms with Crippen molar-refractivity contribution in [2.24, 2.45) is 5.10 Å². The van der Waals surface area contributed by atoms with Crippen LogP contribution in [0.1, 0.15) is 39.0 Å². The molecular formula is C23H26F3N3O3S. The standard InChI is InChI=1S/C23H26F3N3O3S/c1-14-15(2)20(32-3)10-7-17(14)13-27-29-22(31)19(11-12-33-4)28-21(30)16-5-8-18(9-6-16)23(24,25)26/h5-10,13,19H,11-12H2,1-4H3,(H,28,30)(H,29,31)/b27-13+. The van der Waals surface area contributed by atoms with E-state index in [1.165, 1.54) is 18.0 Å². The van der Waals surface area contributed by atoms with Gasteiger partial charge in [0.15, 0.2) is 0 Å². The highest BCUT2D eigenvalue weighted by Crippen LogP contribution is 2.29. The van der Waals surface area contributed by atoms with Crippen molar-refractivity contribution in [1.29, 1.82) is 0 Å². The molecule has 2 aromatic rings. The predicted octanol–water partition coefficient (Wildman–Crippen LogP) is 4.33. The van der Waals surface area contributed by atoms with Crippen LogP contribution in [0.15, 0.2) is 41.5 Å². The molecule has 2 amide bonds. The number of carbonyl (C=O) groups excluding carboxylic acids is 2. The second kappa shape index (κ2) is 11.7. The zero-order valence-corrected chi connectivity index (χ0v) is 19.6. The molecular weight excluding hydrogens is 455 g/mol. The molecule has 0 aliphatic rings. The number of nitrogens with zero attached hydrogens (tertiary/aromatic N) is 1. The molecule has 0 fully saturated rings. The summed E-state index contributed by atoms with van der Waals surface area (Å²) in [7, 11) is 1.59. The fourth-order valence-electron chi connectivity index (χ4n) is 2.98. The van der Waals surface area contributed by atoms with Gasteiger partial charge in [0.2, 0.25) is 0 Å². The minimum Gasteiger partial charge on any atom is -0.496 e. The second-order valence-electron chi connectivity index (χ2n) is 7.22. The van der Waals surface area contributed by atoms with Gasteiger partial charge >= 0.3 is 6.18 Å². The normalized spacial score (nSPS) is 12.5. The van der Waals surface area contributed by atoms with Crippen LogP contribution in [0.5, 0.6) is 5.75 Å². The van der Waals surface area contributed by atoms with Crippen LogP contribution >= 0.6 is 11.8 Å². The summed E-state index contributed by atoms with van der Waals surface area (Å²) in [5.41, 5.74) is 4.29. The summed E-state index contributed by atoms with van der Waals surface area (Å²) in [6, 6.07) is 6.53. The van der Waals surface area contributed by atoms with Gasteiger partial charge in [-0.05, 0) is 85.4 Å². The Balaban J connectivity index is 2.08. The van der Waals surface area contributed by atoms with Crippen LogP contribution in [0.2, 0.25) is 0 Å². The summed E-state index contributed by atoms with van der Waals surface area (Å²) in [5, 5.41) is 6.57. The number of hydrogen-bond acceptors (Lipinski definition) is 5. The number of nitrogens with one attached hydrogen (secondary N) is 2. The van der Waals surface area contributed by atoms with Crippen LogP contribution in [0.25, 0.3) is 0 Å². The van der Waals surface area contributed by atoms with E-state index < -0.39 is 29.6 Å². The van der Waals surface area contributed by atoms with E-state index in [0.717, 1.165) is 46.7 Å². The third-order valence-electron chi connectivity index (χ3n) is 5.08. The van der Waals surface area contributed by atoms with Gasteiger partial charge < -0.3 is 10.1 Å². The van der Waals surface area contributed by atoms with Gasteiger partial charge in [0.1, 0.15) is 11.8 Å². The van der Waals surface area contributed by atoms with Gasteiger partial charge in [-0.2, -0.15) is 30.0 Å². The van der Waals surface area contributed by atoms with E-state index in [9.17, 15) is 22.8 Å². The van der Waals surface area contributed by atoms with Crippen molar-refractivity contribution < 1.29 is 27.5 Å². The average molecular weight is 482 g/mol. The Labute approximate surface area is 195 Å². The number of methoxy groups -OCH3 is 1. The average Bonchev–Trinajstić information content (AvgIpc) is 2.78. The first-order valence-corrected chi connectivity index (χ1v) is 11.4. The van der Waals surface area contributed by atoms with E-state index in [0.29, 0.717) is 12.2 Å². The van der Waals surface area contributed by atoms with Crippen molar-refractivity contribution >= 4 is 29.8 Å². The molecule has 0 heterocycles. The van der Waals surface area contributed by atoms with Crippen molar-refractivity contribution in [3.8, 4) is 5.75 Å². The molecule has 0 aliphatic carbocycles. The van der Waals surface area contributed by atoms with Crippen molar-refractivity contribution in [3.05, 3.63) is 64.2 Å². The van der Waals surface area contributed by atoms with E-state index in [-0.39, 0.29) is 5.56 Å². The van der Waals surface area contributed by atoms with Crippen molar-refractivity contribution in [3.63, 3.8) is 0 Å². The van der Waals surface area contributed by atoms with Crippen LogP contribution in [0.3, 0.4) is 0 Å². The fourth-order valence-corrected chi connectivity index (χ4v) is 3.45. The maximum Gasteiger partial charge on any atom is 0.416 e. The lowest BCUT2D eigenvalue weighted by atomic mass is 10.0. The molecule has 2 rings (SSSR count). The zero-order valence-electron chi connectivity index (χ0n) is 18.7. The van der Waals surface area contributed by atoms with E-state index >= 15 is 0 Å². The molecule has 0 saturated carbocycles. The predicted molar refractivity (Wildman–Crippen MR) is 124 cm³/mol. The van der Waals surface area contributed by atoms with E-state index in [2.05, 4.69) is 15.8 Å². The van der Waals surface area contributed by atoms with Gasteiger partial charge in [0.05, 0.1) is 18.9 Å². The Bertz CT molecular complexity index is 1010. The van der Waals surface area contributed by atoms with Crippen LogP contribution < -0.4 is 15.5 Å². The van der Waals surface area contributed by atoms with Crippen molar-refractivity contribution in [1.82, 2.24) is 10.7 Å². The molecule has 10 heteroatoms. The third-order valence-corrected chi connectivity index (χ3v) is 5.73. The highest BCUT2D eigenvalue weighted by atomic mass is 32.2. The van der Waals surface area contributed by atoms with Crippen LogP contribution in [-0.2, 0) is 11.0 Å². The summed E-state index contributed by atoms with van der Waals surface area (Å²) in [6.45, 7) is 3.83. The van der Waals surface area contributed by atoms with Gasteiger partial charge in [0.25, 0.3) is 11.8 Å². The molecule has 1 atom stereocenters. The first-order valence-electron chi connectivity index (χ1n) is 10.0. The smallest absolute Gasteiger partial charge is 0.416 e. The molecule has 0 aliphatic heterocycles. The summed E-state index contributed by atoms with van der Waals surface area (Å²) >= 11 is 1.50. The number of halogens is 3. The number of rotatable bonds is 9. The first kappa shape index (κ1) is 26.2. The van der Waals surface area contributed by atoms with E-state index in [1.807, 2.05) is 26.2 Å². The van der Waals surface area contributed by atoms with Crippen molar-refractivity contribution in [2.75, 3.05) is 19.1 Å². The van der Waals surface area contributed by atoms with Crippen LogP contribution in [0.4, 0.5) is 13.2 Å². The molecule has 33 heavy (non-hydrogen) atoms. The molecule has 0 aromatic heterocycles. The Morgan fingerprint density at radius 1 is 1.12 bits per heavy atom. The third kappa shape index (κ3) is 7.24. The van der Waals surface area contributed by atoms with Gasteiger partial charge in [-0.15, -0.1) is 0 Å². The quantitative estimate of drug-likeness (QED) is 0.413. The van der Waals surface area contributed by atoms with Gasteiger partial charge in [-0.1, -0.05) is 0 Å². The molecule has 0 saturated heterocycles. The Kier molecular flexibility index (Phi) is 9.33. The Morgan fingerprint density at radius 2 is 1.79 bits per heavy atom. The zero-order chi connectivity index (χ0) is 24.6. The number of amides is 2. The minimum absolute atomic E-state index is 0.0257. The van der Waals surface area contributed by atoms with Gasteiger partial charge in [-0.25, -0.2) is 5.43 Å². The summed E-state index contributed by atoms with van der Waals surface area (Å²) in [6.07, 6.45) is -0.799.